The largest absolute Gasteiger partial charge is 0.459 e. The number of aliphatic imine (C=N–C) groups is 1. The third kappa shape index (κ3) is 4.11. The molecule has 8 nitrogen and oxygen atoms in total. The van der Waals surface area contributed by atoms with E-state index in [0.29, 0.717) is 22.9 Å². The molecule has 1 aromatic heterocycles. The Morgan fingerprint density at radius 3 is 2.67 bits per heavy atom. The molecule has 0 bridgehead atoms. The Kier molecular flexibility index (Phi) is 5.37. The first-order valence-corrected chi connectivity index (χ1v) is 10.8. The van der Waals surface area contributed by atoms with Crippen LogP contribution in [0, 0.1) is 6.92 Å². The Morgan fingerprint density at radius 2 is 1.87 bits per heavy atom. The second-order valence-electron chi connectivity index (χ2n) is 6.63. The second-order valence-corrected chi connectivity index (χ2v) is 8.28. The summed E-state index contributed by atoms with van der Waals surface area (Å²) in [7, 11) is -3.59. The average molecular weight is 425 g/mol. The minimum absolute atomic E-state index is 0.00691. The maximum Gasteiger partial charge on any atom is 0.308 e. The van der Waals surface area contributed by atoms with Gasteiger partial charge in [-0.3, -0.25) is 14.5 Å². The van der Waals surface area contributed by atoms with E-state index in [-0.39, 0.29) is 30.3 Å². The van der Waals surface area contributed by atoms with Gasteiger partial charge in [-0.2, -0.15) is 0 Å². The van der Waals surface area contributed by atoms with E-state index in [9.17, 15) is 13.2 Å². The molecule has 1 aliphatic heterocycles. The van der Waals surface area contributed by atoms with Crippen molar-refractivity contribution in [2.24, 2.45) is 4.99 Å². The van der Waals surface area contributed by atoms with Crippen molar-refractivity contribution in [1.29, 1.82) is 0 Å². The van der Waals surface area contributed by atoms with E-state index in [2.05, 4.69) is 14.7 Å². The lowest BCUT2D eigenvalue weighted by atomic mass is 10.2. The van der Waals surface area contributed by atoms with Gasteiger partial charge in [-0.25, -0.2) is 13.4 Å². The van der Waals surface area contributed by atoms with Crippen LogP contribution in [0.15, 0.2) is 68.9 Å². The smallest absolute Gasteiger partial charge is 0.308 e. The molecule has 3 aromatic rings. The summed E-state index contributed by atoms with van der Waals surface area (Å²) < 4.78 is 37.4. The standard InChI is InChI=1S/C21H19N3O5S/c1-14-17(23-21(29-14)15-7-3-2-4-8-15)13-28-19(25)11-12-22-20-16-9-5-6-10-18(16)30(26,27)24-20/h2-10H,11-13H2,1H3,(H,22,24). The molecule has 2 heterocycles. The maximum absolute atomic E-state index is 12.1. The number of amidine groups is 1. The predicted molar refractivity (Wildman–Crippen MR) is 109 cm³/mol. The van der Waals surface area contributed by atoms with E-state index >= 15 is 0 Å². The highest BCUT2D eigenvalue weighted by Gasteiger charge is 2.30. The molecule has 4 rings (SSSR count). The van der Waals surface area contributed by atoms with Crippen molar-refractivity contribution in [3.05, 3.63) is 71.6 Å². The number of ether oxygens (including phenoxy) is 1. The summed E-state index contributed by atoms with van der Waals surface area (Å²) in [5, 5.41) is 0. The average Bonchev–Trinajstić information content (AvgIpc) is 3.24. The van der Waals surface area contributed by atoms with Crippen LogP contribution in [-0.4, -0.2) is 31.8 Å². The minimum Gasteiger partial charge on any atom is -0.459 e. The number of rotatable bonds is 6. The lowest BCUT2D eigenvalue weighted by Crippen LogP contribution is -2.22. The van der Waals surface area contributed by atoms with Gasteiger partial charge >= 0.3 is 5.97 Å². The lowest BCUT2D eigenvalue weighted by molar-refractivity contribution is -0.144. The molecular weight excluding hydrogens is 406 g/mol. The minimum atomic E-state index is -3.59. The molecule has 0 radical (unpaired) electrons. The van der Waals surface area contributed by atoms with Crippen molar-refractivity contribution in [2.45, 2.75) is 24.8 Å². The van der Waals surface area contributed by atoms with Crippen LogP contribution in [-0.2, 0) is 26.2 Å². The first-order chi connectivity index (χ1) is 14.4. The highest BCUT2D eigenvalue weighted by atomic mass is 32.2. The number of carbonyl (C=O) groups is 1. The van der Waals surface area contributed by atoms with Gasteiger partial charge in [0.25, 0.3) is 10.0 Å². The fourth-order valence-electron chi connectivity index (χ4n) is 3.00. The van der Waals surface area contributed by atoms with Gasteiger partial charge in [0, 0.05) is 11.1 Å². The molecule has 1 aliphatic rings. The van der Waals surface area contributed by atoms with E-state index < -0.39 is 16.0 Å². The summed E-state index contributed by atoms with van der Waals surface area (Å²) in [4.78, 5) is 20.8. The van der Waals surface area contributed by atoms with Crippen LogP contribution in [0.2, 0.25) is 0 Å². The molecule has 0 saturated carbocycles. The molecule has 154 valence electrons. The molecule has 0 unspecified atom stereocenters. The summed E-state index contributed by atoms with van der Waals surface area (Å²) in [5.41, 5.74) is 1.89. The molecule has 30 heavy (non-hydrogen) atoms. The fraction of sp³-hybridized carbons (Fsp3) is 0.190. The molecule has 0 fully saturated rings. The van der Waals surface area contributed by atoms with Crippen molar-refractivity contribution in [3.63, 3.8) is 0 Å². The fourth-order valence-corrected chi connectivity index (χ4v) is 4.25. The summed E-state index contributed by atoms with van der Waals surface area (Å²) in [5.74, 6) is 0.826. The van der Waals surface area contributed by atoms with E-state index in [0.717, 1.165) is 5.56 Å². The Labute approximate surface area is 173 Å². The Hall–Kier alpha value is -3.46. The third-order valence-corrected chi connectivity index (χ3v) is 5.93. The third-order valence-electron chi connectivity index (χ3n) is 4.53. The lowest BCUT2D eigenvalue weighted by Gasteiger charge is -2.02. The number of carbonyl (C=O) groups excluding carboxylic acids is 1. The number of aromatic nitrogens is 1. The zero-order valence-corrected chi connectivity index (χ0v) is 17.0. The Balaban J connectivity index is 1.34. The van der Waals surface area contributed by atoms with Gasteiger partial charge in [0.2, 0.25) is 5.89 Å². The summed E-state index contributed by atoms with van der Waals surface area (Å²) in [6, 6.07) is 16.0. The van der Waals surface area contributed by atoms with Gasteiger partial charge < -0.3 is 9.15 Å². The highest BCUT2D eigenvalue weighted by molar-refractivity contribution is 7.90. The van der Waals surface area contributed by atoms with Crippen molar-refractivity contribution in [1.82, 2.24) is 9.71 Å². The van der Waals surface area contributed by atoms with Gasteiger partial charge in [0.15, 0.2) is 0 Å². The Morgan fingerprint density at radius 1 is 1.13 bits per heavy atom. The Bertz CT molecular complexity index is 1220. The van der Waals surface area contributed by atoms with Crippen LogP contribution in [0.25, 0.3) is 11.5 Å². The number of sulfonamides is 1. The summed E-state index contributed by atoms with van der Waals surface area (Å²) >= 11 is 0. The number of esters is 1. The van der Waals surface area contributed by atoms with Gasteiger partial charge in [0.1, 0.15) is 23.9 Å². The normalized spacial score (nSPS) is 15.6. The molecule has 0 saturated heterocycles. The zero-order valence-electron chi connectivity index (χ0n) is 16.2. The van der Waals surface area contributed by atoms with Crippen LogP contribution in [0.5, 0.6) is 0 Å². The quantitative estimate of drug-likeness (QED) is 0.608. The SMILES string of the molecule is Cc1oc(-c2ccccc2)nc1COC(=O)CCN=C1NS(=O)(=O)c2ccccc21. The first kappa shape index (κ1) is 19.8. The second kappa shape index (κ2) is 8.11. The van der Waals surface area contributed by atoms with E-state index in [1.54, 1.807) is 25.1 Å². The number of aryl methyl sites for hydroxylation is 1. The molecular formula is C21H19N3O5S. The van der Waals surface area contributed by atoms with Crippen molar-refractivity contribution < 1.29 is 22.4 Å². The zero-order chi connectivity index (χ0) is 21.1. The summed E-state index contributed by atoms with van der Waals surface area (Å²) in [6.07, 6.45) is 0.00976. The number of oxazole rings is 1. The van der Waals surface area contributed by atoms with Crippen LogP contribution in [0.4, 0.5) is 0 Å². The number of hydrogen-bond acceptors (Lipinski definition) is 7. The molecule has 0 atom stereocenters. The number of nitrogens with one attached hydrogen (secondary N) is 1. The van der Waals surface area contributed by atoms with Gasteiger partial charge in [0.05, 0.1) is 17.9 Å². The molecule has 0 aliphatic carbocycles. The van der Waals surface area contributed by atoms with Crippen LogP contribution in [0.1, 0.15) is 23.4 Å². The highest BCUT2D eigenvalue weighted by Crippen LogP contribution is 2.23. The molecule has 1 N–H and O–H groups in total. The van der Waals surface area contributed by atoms with Gasteiger partial charge in [-0.15, -0.1) is 0 Å². The summed E-state index contributed by atoms with van der Waals surface area (Å²) in [6.45, 7) is 1.85. The van der Waals surface area contributed by atoms with E-state index in [1.165, 1.54) is 6.07 Å². The topological polar surface area (TPSA) is 111 Å². The molecule has 9 heteroatoms. The van der Waals surface area contributed by atoms with E-state index in [1.807, 2.05) is 30.3 Å². The van der Waals surface area contributed by atoms with Gasteiger partial charge in [-0.1, -0.05) is 30.3 Å². The van der Waals surface area contributed by atoms with Crippen LogP contribution < -0.4 is 4.72 Å². The van der Waals surface area contributed by atoms with Crippen molar-refractivity contribution in [2.75, 3.05) is 6.54 Å². The number of benzene rings is 2. The maximum atomic E-state index is 12.1. The molecule has 2 aromatic carbocycles. The first-order valence-electron chi connectivity index (χ1n) is 9.28. The number of fused-ring (bicyclic) bond motifs is 1. The van der Waals surface area contributed by atoms with Crippen LogP contribution >= 0.6 is 0 Å². The molecule has 0 amide bonds. The monoisotopic (exact) mass is 425 g/mol. The van der Waals surface area contributed by atoms with Crippen molar-refractivity contribution >= 4 is 21.8 Å². The predicted octanol–water partition coefficient (Wildman–Crippen LogP) is 2.82. The van der Waals surface area contributed by atoms with E-state index in [4.69, 9.17) is 9.15 Å². The van der Waals surface area contributed by atoms with Gasteiger partial charge in [-0.05, 0) is 31.2 Å². The number of nitrogens with zero attached hydrogens (tertiary/aromatic N) is 2. The van der Waals surface area contributed by atoms with Crippen LogP contribution in [0.3, 0.4) is 0 Å². The number of hydrogen-bond donors (Lipinski definition) is 1. The molecule has 0 spiro atoms. The van der Waals surface area contributed by atoms with Crippen molar-refractivity contribution in [3.8, 4) is 11.5 Å².